The predicted octanol–water partition coefficient (Wildman–Crippen LogP) is 2.86. The van der Waals surface area contributed by atoms with E-state index in [0.29, 0.717) is 11.3 Å². The van der Waals surface area contributed by atoms with E-state index in [4.69, 9.17) is 4.42 Å². The van der Waals surface area contributed by atoms with Gasteiger partial charge in [0.15, 0.2) is 0 Å². The molecule has 0 aliphatic carbocycles. The van der Waals surface area contributed by atoms with Gasteiger partial charge in [0.1, 0.15) is 5.82 Å². The predicted molar refractivity (Wildman–Crippen MR) is 106 cm³/mol. The number of nitrogens with one attached hydrogen (secondary N) is 1. The number of anilines is 1. The monoisotopic (exact) mass is 436 g/mol. The van der Waals surface area contributed by atoms with Crippen molar-refractivity contribution in [3.05, 3.63) is 54.3 Å². The lowest BCUT2D eigenvalue weighted by Gasteiger charge is -2.11. The van der Waals surface area contributed by atoms with E-state index in [2.05, 4.69) is 15.5 Å². The standard InChI is InChI=1S/C18H17FN4O4S2/c1-23(2)29(25,26)15-8-6-14(7-9-15)20-16(24)11-28-18-22-21-17(27-18)12-4-3-5-13(19)10-12/h3-10H,11H2,1-2H3,(H,20,24). The molecule has 0 aliphatic rings. The molecule has 0 unspecified atom stereocenters. The van der Waals surface area contributed by atoms with Crippen LogP contribution in [0.5, 0.6) is 0 Å². The maximum Gasteiger partial charge on any atom is 0.277 e. The van der Waals surface area contributed by atoms with Gasteiger partial charge in [-0.15, -0.1) is 10.2 Å². The number of hydrogen-bond donors (Lipinski definition) is 1. The number of aromatic nitrogens is 2. The molecule has 0 saturated carbocycles. The number of carbonyl (C=O) groups is 1. The second kappa shape index (κ2) is 8.72. The largest absolute Gasteiger partial charge is 0.411 e. The van der Waals surface area contributed by atoms with Gasteiger partial charge in [-0.1, -0.05) is 17.8 Å². The number of carbonyl (C=O) groups excluding carboxylic acids is 1. The van der Waals surface area contributed by atoms with Crippen LogP contribution in [0.4, 0.5) is 10.1 Å². The van der Waals surface area contributed by atoms with Crippen LogP contribution >= 0.6 is 11.8 Å². The van der Waals surface area contributed by atoms with Gasteiger partial charge in [0, 0.05) is 25.3 Å². The second-order valence-corrected chi connectivity index (χ2v) is 9.11. The molecule has 11 heteroatoms. The molecule has 8 nitrogen and oxygen atoms in total. The van der Waals surface area contributed by atoms with Gasteiger partial charge in [-0.25, -0.2) is 17.1 Å². The third kappa shape index (κ3) is 5.19. The first-order valence-corrected chi connectivity index (χ1v) is 10.7. The minimum atomic E-state index is -3.53. The summed E-state index contributed by atoms with van der Waals surface area (Å²) in [4.78, 5) is 12.2. The molecule has 0 radical (unpaired) electrons. The van der Waals surface area contributed by atoms with Crippen LogP contribution < -0.4 is 5.32 Å². The number of sulfonamides is 1. The summed E-state index contributed by atoms with van der Waals surface area (Å²) in [6, 6.07) is 11.6. The molecular formula is C18H17FN4O4S2. The minimum Gasteiger partial charge on any atom is -0.411 e. The number of hydrogen-bond acceptors (Lipinski definition) is 7. The van der Waals surface area contributed by atoms with Gasteiger partial charge in [-0.05, 0) is 42.5 Å². The fourth-order valence-electron chi connectivity index (χ4n) is 2.25. The molecule has 3 aromatic rings. The van der Waals surface area contributed by atoms with Crippen LogP contribution in [0, 0.1) is 5.82 Å². The van der Waals surface area contributed by atoms with Crippen LogP contribution in [0.1, 0.15) is 0 Å². The molecule has 3 rings (SSSR count). The van der Waals surface area contributed by atoms with Crippen molar-refractivity contribution in [1.29, 1.82) is 0 Å². The maximum atomic E-state index is 13.3. The Labute approximate surface area is 171 Å². The molecular weight excluding hydrogens is 419 g/mol. The van der Waals surface area contributed by atoms with Crippen LogP contribution in [0.2, 0.25) is 0 Å². The summed E-state index contributed by atoms with van der Waals surface area (Å²) in [5.74, 6) is -0.588. The van der Waals surface area contributed by atoms with Gasteiger partial charge >= 0.3 is 0 Å². The summed E-state index contributed by atoms with van der Waals surface area (Å²) in [5, 5.41) is 10.5. The Bertz CT molecular complexity index is 1110. The Hall–Kier alpha value is -2.76. The average molecular weight is 436 g/mol. The Morgan fingerprint density at radius 2 is 1.90 bits per heavy atom. The lowest BCUT2D eigenvalue weighted by molar-refractivity contribution is -0.113. The van der Waals surface area contributed by atoms with E-state index in [1.165, 1.54) is 56.6 Å². The average Bonchev–Trinajstić information content (AvgIpc) is 3.16. The van der Waals surface area contributed by atoms with E-state index in [-0.39, 0.29) is 27.7 Å². The van der Waals surface area contributed by atoms with Crippen molar-refractivity contribution < 1.29 is 22.0 Å². The van der Waals surface area contributed by atoms with E-state index >= 15 is 0 Å². The number of amides is 1. The van der Waals surface area contributed by atoms with Crippen LogP contribution in [0.15, 0.2) is 63.1 Å². The highest BCUT2D eigenvalue weighted by atomic mass is 32.2. The zero-order chi connectivity index (χ0) is 21.0. The first-order valence-electron chi connectivity index (χ1n) is 8.30. The van der Waals surface area contributed by atoms with Gasteiger partial charge in [0.2, 0.25) is 21.8 Å². The first-order chi connectivity index (χ1) is 13.8. The molecule has 0 aliphatic heterocycles. The Balaban J connectivity index is 1.57. The van der Waals surface area contributed by atoms with Crippen molar-refractivity contribution in [3.63, 3.8) is 0 Å². The van der Waals surface area contributed by atoms with E-state index < -0.39 is 15.8 Å². The molecule has 0 bridgehead atoms. The topological polar surface area (TPSA) is 105 Å². The summed E-state index contributed by atoms with van der Waals surface area (Å²) in [6.45, 7) is 0. The Morgan fingerprint density at radius 1 is 1.17 bits per heavy atom. The van der Waals surface area contributed by atoms with Gasteiger partial charge in [0.05, 0.1) is 10.6 Å². The minimum absolute atomic E-state index is 0.00251. The molecule has 2 aromatic carbocycles. The molecule has 29 heavy (non-hydrogen) atoms. The molecule has 0 spiro atoms. The van der Waals surface area contributed by atoms with Crippen LogP contribution in [0.3, 0.4) is 0 Å². The van der Waals surface area contributed by atoms with Crippen LogP contribution in [-0.4, -0.2) is 48.7 Å². The summed E-state index contributed by atoms with van der Waals surface area (Å²) in [7, 11) is -0.638. The molecule has 0 atom stereocenters. The van der Waals surface area contributed by atoms with Crippen LogP contribution in [0.25, 0.3) is 11.5 Å². The van der Waals surface area contributed by atoms with Crippen molar-refractivity contribution in [1.82, 2.24) is 14.5 Å². The van der Waals surface area contributed by atoms with E-state index in [1.807, 2.05) is 0 Å². The fraction of sp³-hybridized carbons (Fsp3) is 0.167. The second-order valence-electron chi connectivity index (χ2n) is 6.03. The summed E-state index contributed by atoms with van der Waals surface area (Å²) in [5.41, 5.74) is 0.904. The summed E-state index contributed by atoms with van der Waals surface area (Å²) < 4.78 is 43.9. The zero-order valence-electron chi connectivity index (χ0n) is 15.5. The van der Waals surface area contributed by atoms with Crippen molar-refractivity contribution in [2.45, 2.75) is 10.1 Å². The fourth-order valence-corrected chi connectivity index (χ4v) is 3.72. The molecule has 1 heterocycles. The Kier molecular flexibility index (Phi) is 6.30. The number of benzene rings is 2. The molecule has 0 fully saturated rings. The van der Waals surface area contributed by atoms with Crippen molar-refractivity contribution in [2.75, 3.05) is 25.2 Å². The highest BCUT2D eigenvalue weighted by Gasteiger charge is 2.17. The third-order valence-electron chi connectivity index (χ3n) is 3.72. The van der Waals surface area contributed by atoms with Gasteiger partial charge in [-0.2, -0.15) is 0 Å². The Morgan fingerprint density at radius 3 is 2.55 bits per heavy atom. The van der Waals surface area contributed by atoms with Crippen molar-refractivity contribution in [3.8, 4) is 11.5 Å². The zero-order valence-corrected chi connectivity index (χ0v) is 17.1. The summed E-state index contributed by atoms with van der Waals surface area (Å²) >= 11 is 1.03. The number of thioether (sulfide) groups is 1. The van der Waals surface area contributed by atoms with Gasteiger partial charge in [0.25, 0.3) is 5.22 Å². The van der Waals surface area contributed by atoms with Gasteiger partial charge in [-0.3, -0.25) is 4.79 Å². The lowest BCUT2D eigenvalue weighted by Crippen LogP contribution is -2.22. The highest BCUT2D eigenvalue weighted by molar-refractivity contribution is 7.99. The smallest absolute Gasteiger partial charge is 0.277 e. The van der Waals surface area contributed by atoms with Crippen molar-refractivity contribution >= 4 is 33.4 Å². The first kappa shape index (κ1) is 21.0. The van der Waals surface area contributed by atoms with Crippen LogP contribution in [-0.2, 0) is 14.8 Å². The van der Waals surface area contributed by atoms with E-state index in [9.17, 15) is 17.6 Å². The lowest BCUT2D eigenvalue weighted by atomic mass is 10.2. The van der Waals surface area contributed by atoms with E-state index in [1.54, 1.807) is 6.07 Å². The molecule has 1 aromatic heterocycles. The normalized spacial score (nSPS) is 11.6. The SMILES string of the molecule is CN(C)S(=O)(=O)c1ccc(NC(=O)CSc2nnc(-c3cccc(F)c3)o2)cc1. The molecule has 152 valence electrons. The maximum absolute atomic E-state index is 13.3. The molecule has 1 amide bonds. The van der Waals surface area contributed by atoms with Gasteiger partial charge < -0.3 is 9.73 Å². The summed E-state index contributed by atoms with van der Waals surface area (Å²) in [6.07, 6.45) is 0. The number of rotatable bonds is 7. The number of halogens is 1. The highest BCUT2D eigenvalue weighted by Crippen LogP contribution is 2.24. The third-order valence-corrected chi connectivity index (χ3v) is 6.37. The molecule has 0 saturated heterocycles. The van der Waals surface area contributed by atoms with E-state index in [0.717, 1.165) is 16.1 Å². The van der Waals surface area contributed by atoms with Crippen molar-refractivity contribution in [2.24, 2.45) is 0 Å². The number of nitrogens with zero attached hydrogens (tertiary/aromatic N) is 3. The quantitative estimate of drug-likeness (QED) is 0.568. The molecule has 1 N–H and O–H groups in total.